The van der Waals surface area contributed by atoms with Crippen LogP contribution in [0.4, 0.5) is 5.82 Å². The van der Waals surface area contributed by atoms with Gasteiger partial charge in [-0.15, -0.1) is 0 Å². The van der Waals surface area contributed by atoms with E-state index in [1.807, 2.05) is 31.2 Å². The van der Waals surface area contributed by atoms with Gasteiger partial charge in [0.15, 0.2) is 5.82 Å². The van der Waals surface area contributed by atoms with Gasteiger partial charge in [-0.2, -0.15) is 0 Å². The second-order valence-corrected chi connectivity index (χ2v) is 5.76. The second-order valence-electron chi connectivity index (χ2n) is 4.84. The highest BCUT2D eigenvalue weighted by Crippen LogP contribution is 2.19. The molecule has 21 heavy (non-hydrogen) atoms. The Morgan fingerprint density at radius 1 is 1.38 bits per heavy atom. The number of hydrazine groups is 1. The summed E-state index contributed by atoms with van der Waals surface area (Å²) in [6.07, 6.45) is 1.59. The average Bonchev–Trinajstić information content (AvgIpc) is 2.48. The highest BCUT2D eigenvalue weighted by molar-refractivity contribution is 9.10. The Morgan fingerprint density at radius 3 is 2.67 bits per heavy atom. The highest BCUT2D eigenvalue weighted by atomic mass is 79.9. The van der Waals surface area contributed by atoms with E-state index in [0.717, 1.165) is 10.0 Å². The maximum atomic E-state index is 12.5. The minimum absolute atomic E-state index is 0.141. The van der Waals surface area contributed by atoms with E-state index in [1.54, 1.807) is 24.2 Å². The molecule has 3 N–H and O–H groups in total. The normalized spacial score (nSPS) is 10.3. The molecular weight excluding hydrogens is 332 g/mol. The van der Waals surface area contributed by atoms with Gasteiger partial charge in [-0.05, 0) is 34.5 Å². The van der Waals surface area contributed by atoms with Crippen molar-refractivity contribution in [3.63, 3.8) is 0 Å². The minimum Gasteiger partial charge on any atom is -0.337 e. The number of amides is 1. The van der Waals surface area contributed by atoms with Crippen molar-refractivity contribution in [1.29, 1.82) is 0 Å². The first-order chi connectivity index (χ1) is 10.0. The van der Waals surface area contributed by atoms with Gasteiger partial charge in [0, 0.05) is 24.3 Å². The molecule has 1 aromatic heterocycles. The standard InChI is InChI=1S/C15H17BrN4O/c1-10-3-5-11(6-4-10)9-20(2)15(21)13-7-12(16)8-18-14(13)19-17/h3-8H,9,17H2,1-2H3,(H,18,19). The lowest BCUT2D eigenvalue weighted by molar-refractivity contribution is 0.0785. The fourth-order valence-electron chi connectivity index (χ4n) is 1.96. The molecule has 6 heteroatoms. The number of carbonyl (C=O) groups excluding carboxylic acids is 1. The average molecular weight is 349 g/mol. The second kappa shape index (κ2) is 6.69. The van der Waals surface area contributed by atoms with Gasteiger partial charge in [-0.3, -0.25) is 4.79 Å². The van der Waals surface area contributed by atoms with Crippen LogP contribution in [0.3, 0.4) is 0 Å². The summed E-state index contributed by atoms with van der Waals surface area (Å²) < 4.78 is 0.730. The van der Waals surface area contributed by atoms with Crippen molar-refractivity contribution >= 4 is 27.7 Å². The molecule has 0 aliphatic rings. The Labute approximate surface area is 132 Å². The number of nitrogens with zero attached hydrogens (tertiary/aromatic N) is 2. The summed E-state index contributed by atoms with van der Waals surface area (Å²) >= 11 is 3.32. The summed E-state index contributed by atoms with van der Waals surface area (Å²) in [4.78, 5) is 18.2. The molecule has 0 aliphatic carbocycles. The summed E-state index contributed by atoms with van der Waals surface area (Å²) in [6.45, 7) is 2.56. The number of pyridine rings is 1. The number of carbonyl (C=O) groups is 1. The van der Waals surface area contributed by atoms with Crippen LogP contribution >= 0.6 is 15.9 Å². The quantitative estimate of drug-likeness (QED) is 0.658. The number of aryl methyl sites for hydroxylation is 1. The molecule has 0 aliphatic heterocycles. The lowest BCUT2D eigenvalue weighted by atomic mass is 10.1. The monoisotopic (exact) mass is 348 g/mol. The molecule has 2 aromatic rings. The van der Waals surface area contributed by atoms with Crippen LogP contribution in [-0.4, -0.2) is 22.8 Å². The van der Waals surface area contributed by atoms with E-state index >= 15 is 0 Å². The van der Waals surface area contributed by atoms with Crippen molar-refractivity contribution in [2.75, 3.05) is 12.5 Å². The molecule has 0 atom stereocenters. The Balaban J connectivity index is 2.19. The Hall–Kier alpha value is -1.92. The molecule has 1 aromatic carbocycles. The number of hydrogen-bond acceptors (Lipinski definition) is 4. The number of halogens is 1. The molecule has 0 bridgehead atoms. The van der Waals surface area contributed by atoms with Crippen LogP contribution in [0.1, 0.15) is 21.5 Å². The van der Waals surface area contributed by atoms with Gasteiger partial charge in [0.25, 0.3) is 5.91 Å². The highest BCUT2D eigenvalue weighted by Gasteiger charge is 2.17. The largest absolute Gasteiger partial charge is 0.337 e. The van der Waals surface area contributed by atoms with E-state index in [-0.39, 0.29) is 5.91 Å². The number of benzene rings is 1. The van der Waals surface area contributed by atoms with E-state index in [2.05, 4.69) is 26.3 Å². The molecule has 1 heterocycles. The molecule has 5 nitrogen and oxygen atoms in total. The van der Waals surface area contributed by atoms with Gasteiger partial charge in [0.2, 0.25) is 0 Å². The number of rotatable bonds is 4. The lowest BCUT2D eigenvalue weighted by Gasteiger charge is -2.19. The van der Waals surface area contributed by atoms with Gasteiger partial charge in [-0.1, -0.05) is 29.8 Å². The molecule has 0 fully saturated rings. The first kappa shape index (κ1) is 15.5. The minimum atomic E-state index is -0.141. The van der Waals surface area contributed by atoms with Crippen LogP contribution in [0.2, 0.25) is 0 Å². The van der Waals surface area contributed by atoms with Crippen molar-refractivity contribution in [1.82, 2.24) is 9.88 Å². The van der Waals surface area contributed by atoms with Crippen LogP contribution in [0.5, 0.6) is 0 Å². The molecule has 1 amide bonds. The van der Waals surface area contributed by atoms with Crippen molar-refractivity contribution in [3.8, 4) is 0 Å². The predicted octanol–water partition coefficient (Wildman–Crippen LogP) is 2.71. The molecule has 110 valence electrons. The maximum Gasteiger partial charge on any atom is 0.257 e. The summed E-state index contributed by atoms with van der Waals surface area (Å²) in [7, 11) is 1.75. The summed E-state index contributed by atoms with van der Waals surface area (Å²) in [5, 5.41) is 0. The van der Waals surface area contributed by atoms with Crippen molar-refractivity contribution in [3.05, 3.63) is 57.7 Å². The van der Waals surface area contributed by atoms with E-state index in [1.165, 1.54) is 5.56 Å². The van der Waals surface area contributed by atoms with E-state index in [9.17, 15) is 4.79 Å². The van der Waals surface area contributed by atoms with Crippen LogP contribution in [-0.2, 0) is 6.54 Å². The zero-order chi connectivity index (χ0) is 15.4. The lowest BCUT2D eigenvalue weighted by Crippen LogP contribution is -2.28. The molecule has 0 spiro atoms. The number of anilines is 1. The summed E-state index contributed by atoms with van der Waals surface area (Å²) in [5.41, 5.74) is 5.15. The molecule has 2 rings (SSSR count). The van der Waals surface area contributed by atoms with Crippen LogP contribution in [0.15, 0.2) is 41.0 Å². The van der Waals surface area contributed by atoms with Gasteiger partial charge in [0.1, 0.15) is 0 Å². The fourth-order valence-corrected chi connectivity index (χ4v) is 2.29. The first-order valence-corrected chi connectivity index (χ1v) is 7.23. The smallest absolute Gasteiger partial charge is 0.257 e. The third kappa shape index (κ3) is 3.80. The van der Waals surface area contributed by atoms with E-state index in [4.69, 9.17) is 5.84 Å². The van der Waals surface area contributed by atoms with Crippen molar-refractivity contribution in [2.24, 2.45) is 5.84 Å². The van der Waals surface area contributed by atoms with E-state index < -0.39 is 0 Å². The van der Waals surface area contributed by atoms with Crippen LogP contribution in [0.25, 0.3) is 0 Å². The number of aromatic nitrogens is 1. The third-order valence-corrected chi connectivity index (χ3v) is 3.54. The molecule has 0 saturated heterocycles. The van der Waals surface area contributed by atoms with Gasteiger partial charge < -0.3 is 10.3 Å². The number of nitrogens with one attached hydrogen (secondary N) is 1. The number of nitrogen functional groups attached to an aromatic ring is 1. The maximum absolute atomic E-state index is 12.5. The topological polar surface area (TPSA) is 71.2 Å². The summed E-state index contributed by atoms with van der Waals surface area (Å²) in [5.74, 6) is 5.63. The zero-order valence-corrected chi connectivity index (χ0v) is 13.5. The molecular formula is C15H17BrN4O. The Morgan fingerprint density at radius 2 is 2.05 bits per heavy atom. The third-order valence-electron chi connectivity index (χ3n) is 3.11. The Kier molecular flexibility index (Phi) is 4.93. The number of nitrogens with two attached hydrogens (primary N) is 1. The van der Waals surface area contributed by atoms with Gasteiger partial charge >= 0.3 is 0 Å². The molecule has 0 unspecified atom stereocenters. The van der Waals surface area contributed by atoms with Gasteiger partial charge in [0.05, 0.1) is 5.56 Å². The van der Waals surface area contributed by atoms with Gasteiger partial charge in [-0.25, -0.2) is 10.8 Å². The van der Waals surface area contributed by atoms with Crippen LogP contribution < -0.4 is 11.3 Å². The van der Waals surface area contributed by atoms with Crippen molar-refractivity contribution < 1.29 is 4.79 Å². The first-order valence-electron chi connectivity index (χ1n) is 6.44. The Bertz CT molecular complexity index is 643. The molecule has 0 radical (unpaired) electrons. The van der Waals surface area contributed by atoms with Crippen LogP contribution in [0, 0.1) is 6.92 Å². The molecule has 0 saturated carbocycles. The van der Waals surface area contributed by atoms with Crippen molar-refractivity contribution in [2.45, 2.75) is 13.5 Å². The summed E-state index contributed by atoms with van der Waals surface area (Å²) in [6, 6.07) is 9.79. The number of hydrogen-bond donors (Lipinski definition) is 2. The fraction of sp³-hybridized carbons (Fsp3) is 0.200. The van der Waals surface area contributed by atoms with E-state index in [0.29, 0.717) is 17.9 Å². The predicted molar refractivity (Wildman–Crippen MR) is 86.7 cm³/mol. The SMILES string of the molecule is Cc1ccc(CN(C)C(=O)c2cc(Br)cnc2NN)cc1. The zero-order valence-electron chi connectivity index (χ0n) is 11.9.